The third kappa shape index (κ3) is 4.16. The average Bonchev–Trinajstić information content (AvgIpc) is 2.61. The van der Waals surface area contributed by atoms with E-state index in [-0.39, 0.29) is 18.0 Å². The topological polar surface area (TPSA) is 29.5 Å². The lowest BCUT2D eigenvalue weighted by atomic mass is 9.96. The van der Waals surface area contributed by atoms with E-state index in [1.54, 1.807) is 18.2 Å². The van der Waals surface area contributed by atoms with Gasteiger partial charge in [-0.25, -0.2) is 0 Å². The number of hydrogen-bond acceptors (Lipinski definition) is 2. The Morgan fingerprint density at radius 3 is 2.48 bits per heavy atom. The van der Waals surface area contributed by atoms with E-state index >= 15 is 0 Å². The van der Waals surface area contributed by atoms with Crippen molar-refractivity contribution in [1.82, 2.24) is 4.90 Å². The maximum absolute atomic E-state index is 13.2. The molecule has 3 rings (SSSR count). The van der Waals surface area contributed by atoms with Crippen LogP contribution in [0.25, 0.3) is 0 Å². The van der Waals surface area contributed by atoms with Crippen molar-refractivity contribution in [3.05, 3.63) is 64.7 Å². The summed E-state index contributed by atoms with van der Waals surface area (Å²) in [6.45, 7) is 4.65. The Bertz CT molecular complexity index is 722. The van der Waals surface area contributed by atoms with Crippen LogP contribution in [0.2, 0.25) is 5.02 Å². The average molecular weight is 358 g/mol. The van der Waals surface area contributed by atoms with Crippen LogP contribution >= 0.6 is 11.6 Å². The van der Waals surface area contributed by atoms with Gasteiger partial charge in [-0.05, 0) is 56.9 Å². The molecule has 25 heavy (non-hydrogen) atoms. The predicted octanol–water partition coefficient (Wildman–Crippen LogP) is 5.32. The van der Waals surface area contributed by atoms with E-state index in [1.165, 1.54) is 6.42 Å². The molecule has 0 aliphatic carbocycles. The van der Waals surface area contributed by atoms with Crippen molar-refractivity contribution in [3.63, 3.8) is 0 Å². The lowest BCUT2D eigenvalue weighted by molar-refractivity contribution is 0.0506. The van der Waals surface area contributed by atoms with Crippen molar-refractivity contribution in [1.29, 1.82) is 0 Å². The van der Waals surface area contributed by atoms with Crippen LogP contribution in [0, 0.1) is 0 Å². The van der Waals surface area contributed by atoms with Crippen LogP contribution in [0.5, 0.6) is 5.75 Å². The monoisotopic (exact) mass is 357 g/mol. The second-order valence-corrected chi connectivity index (χ2v) is 7.19. The molecule has 0 saturated carbocycles. The molecule has 0 aromatic heterocycles. The molecule has 1 aliphatic heterocycles. The number of halogens is 1. The number of likely N-dealkylation sites (tertiary alicyclic amines) is 1. The number of carbonyl (C=O) groups excluding carboxylic acids is 1. The molecule has 1 heterocycles. The fourth-order valence-electron chi connectivity index (χ4n) is 3.49. The maximum Gasteiger partial charge on any atom is 0.258 e. The minimum absolute atomic E-state index is 0.00487. The van der Waals surface area contributed by atoms with E-state index in [4.69, 9.17) is 16.3 Å². The molecule has 1 aliphatic rings. The summed E-state index contributed by atoms with van der Waals surface area (Å²) in [7, 11) is 0. The number of rotatable bonds is 4. The molecule has 2 aromatic carbocycles. The first-order valence-corrected chi connectivity index (χ1v) is 9.23. The second kappa shape index (κ2) is 7.92. The molecule has 2 atom stereocenters. The maximum atomic E-state index is 13.2. The van der Waals surface area contributed by atoms with Gasteiger partial charge in [-0.15, -0.1) is 0 Å². The fraction of sp³-hybridized carbons (Fsp3) is 0.381. The van der Waals surface area contributed by atoms with Gasteiger partial charge in [0.05, 0.1) is 5.56 Å². The molecular weight excluding hydrogens is 334 g/mol. The first-order valence-electron chi connectivity index (χ1n) is 8.85. The molecule has 0 spiro atoms. The minimum atomic E-state index is 0.00487. The van der Waals surface area contributed by atoms with Crippen LogP contribution in [-0.2, 0) is 6.61 Å². The number of piperidine rings is 1. The molecule has 0 radical (unpaired) electrons. The Morgan fingerprint density at radius 2 is 1.80 bits per heavy atom. The third-order valence-electron chi connectivity index (χ3n) is 4.84. The molecule has 0 N–H and O–H groups in total. The second-order valence-electron chi connectivity index (χ2n) is 6.76. The van der Waals surface area contributed by atoms with Crippen LogP contribution in [-0.4, -0.2) is 22.9 Å². The standard InChI is InChI=1S/C21H24ClNO2/c1-15-7-6-8-16(2)23(15)21(24)19-13-18(22)11-12-20(19)25-14-17-9-4-3-5-10-17/h3-5,9-13,15-16H,6-8,14H2,1-2H3/t15-,16-/m0/s1. The van der Waals surface area contributed by atoms with Gasteiger partial charge in [-0.3, -0.25) is 4.79 Å². The van der Waals surface area contributed by atoms with Crippen molar-refractivity contribution < 1.29 is 9.53 Å². The number of carbonyl (C=O) groups is 1. The van der Waals surface area contributed by atoms with Gasteiger partial charge in [0, 0.05) is 17.1 Å². The van der Waals surface area contributed by atoms with Crippen LogP contribution < -0.4 is 4.74 Å². The van der Waals surface area contributed by atoms with E-state index in [0.29, 0.717) is 22.9 Å². The normalized spacial score (nSPS) is 20.4. The number of ether oxygens (including phenoxy) is 1. The molecule has 3 nitrogen and oxygen atoms in total. The zero-order valence-corrected chi connectivity index (χ0v) is 15.5. The Hall–Kier alpha value is -2.00. The number of benzene rings is 2. The van der Waals surface area contributed by atoms with E-state index in [9.17, 15) is 4.79 Å². The molecule has 0 bridgehead atoms. The highest BCUT2D eigenvalue weighted by molar-refractivity contribution is 6.31. The lowest BCUT2D eigenvalue weighted by Gasteiger charge is -2.39. The van der Waals surface area contributed by atoms with Crippen LogP contribution in [0.1, 0.15) is 49.0 Å². The summed E-state index contributed by atoms with van der Waals surface area (Å²) >= 11 is 6.16. The summed E-state index contributed by atoms with van der Waals surface area (Å²) in [6, 6.07) is 15.7. The van der Waals surface area contributed by atoms with Gasteiger partial charge in [0.2, 0.25) is 0 Å². The SMILES string of the molecule is C[C@H]1CCC[C@H](C)N1C(=O)c1cc(Cl)ccc1OCc1ccccc1. The minimum Gasteiger partial charge on any atom is -0.488 e. The van der Waals surface area contributed by atoms with E-state index in [0.717, 1.165) is 18.4 Å². The van der Waals surface area contributed by atoms with E-state index in [1.807, 2.05) is 35.2 Å². The highest BCUT2D eigenvalue weighted by atomic mass is 35.5. The molecule has 1 fully saturated rings. The number of amides is 1. The molecule has 1 saturated heterocycles. The Morgan fingerprint density at radius 1 is 1.12 bits per heavy atom. The van der Waals surface area contributed by atoms with Gasteiger partial charge in [-0.2, -0.15) is 0 Å². The molecule has 4 heteroatoms. The van der Waals surface area contributed by atoms with E-state index in [2.05, 4.69) is 13.8 Å². The quantitative estimate of drug-likeness (QED) is 0.740. The van der Waals surface area contributed by atoms with Gasteiger partial charge in [0.15, 0.2) is 0 Å². The smallest absolute Gasteiger partial charge is 0.258 e. The van der Waals surface area contributed by atoms with Crippen molar-refractivity contribution in [2.45, 2.75) is 51.8 Å². The first kappa shape index (κ1) is 17.8. The van der Waals surface area contributed by atoms with Crippen molar-refractivity contribution >= 4 is 17.5 Å². The fourth-order valence-corrected chi connectivity index (χ4v) is 3.66. The number of hydrogen-bond donors (Lipinski definition) is 0. The Kier molecular flexibility index (Phi) is 5.64. The molecule has 0 unspecified atom stereocenters. The van der Waals surface area contributed by atoms with Gasteiger partial charge in [-0.1, -0.05) is 41.9 Å². The zero-order chi connectivity index (χ0) is 17.8. The molecule has 132 valence electrons. The lowest BCUT2D eigenvalue weighted by Crippen LogP contribution is -2.47. The predicted molar refractivity (Wildman–Crippen MR) is 101 cm³/mol. The largest absolute Gasteiger partial charge is 0.488 e. The summed E-state index contributed by atoms with van der Waals surface area (Å²) in [5.41, 5.74) is 1.61. The van der Waals surface area contributed by atoms with Crippen LogP contribution in [0.4, 0.5) is 0 Å². The van der Waals surface area contributed by atoms with Gasteiger partial charge in [0.25, 0.3) is 5.91 Å². The van der Waals surface area contributed by atoms with Crippen molar-refractivity contribution in [3.8, 4) is 5.75 Å². The Balaban J connectivity index is 1.84. The summed E-state index contributed by atoms with van der Waals surface area (Å²) in [4.78, 5) is 15.2. The van der Waals surface area contributed by atoms with E-state index < -0.39 is 0 Å². The zero-order valence-electron chi connectivity index (χ0n) is 14.7. The van der Waals surface area contributed by atoms with Crippen LogP contribution in [0.3, 0.4) is 0 Å². The van der Waals surface area contributed by atoms with Gasteiger partial charge >= 0.3 is 0 Å². The third-order valence-corrected chi connectivity index (χ3v) is 5.07. The molecule has 1 amide bonds. The van der Waals surface area contributed by atoms with Crippen LogP contribution in [0.15, 0.2) is 48.5 Å². The molecular formula is C21H24ClNO2. The number of nitrogens with zero attached hydrogens (tertiary/aromatic N) is 1. The van der Waals surface area contributed by atoms with Crippen molar-refractivity contribution in [2.75, 3.05) is 0 Å². The highest BCUT2D eigenvalue weighted by Crippen LogP contribution is 2.30. The first-order chi connectivity index (χ1) is 12.1. The van der Waals surface area contributed by atoms with Crippen molar-refractivity contribution in [2.24, 2.45) is 0 Å². The van der Waals surface area contributed by atoms with Gasteiger partial charge in [0.1, 0.15) is 12.4 Å². The summed E-state index contributed by atoms with van der Waals surface area (Å²) in [5.74, 6) is 0.591. The highest BCUT2D eigenvalue weighted by Gasteiger charge is 2.31. The molecule has 2 aromatic rings. The summed E-state index contributed by atoms with van der Waals surface area (Å²) in [5, 5.41) is 0.549. The summed E-state index contributed by atoms with van der Waals surface area (Å²) in [6.07, 6.45) is 3.24. The summed E-state index contributed by atoms with van der Waals surface area (Å²) < 4.78 is 5.95. The Labute approximate surface area is 154 Å². The van der Waals surface area contributed by atoms with Gasteiger partial charge < -0.3 is 9.64 Å².